The number of imidazole rings is 1. The number of hydrogen-bond donors (Lipinski definition) is 1. The van der Waals surface area contributed by atoms with Gasteiger partial charge in [0.15, 0.2) is 0 Å². The SMILES string of the molecule is C=CCOc1c(-c2nc3cccc4c3n2CCNC4=O)c(C)nn1C. The molecule has 0 bridgehead atoms. The van der Waals surface area contributed by atoms with Gasteiger partial charge in [0.05, 0.1) is 22.3 Å². The second-order valence-electron chi connectivity index (χ2n) is 6.01. The van der Waals surface area contributed by atoms with Crippen LogP contribution in [0.3, 0.4) is 0 Å². The van der Waals surface area contributed by atoms with Crippen LogP contribution in [0.4, 0.5) is 0 Å². The van der Waals surface area contributed by atoms with Crippen molar-refractivity contribution in [2.24, 2.45) is 7.05 Å². The lowest BCUT2D eigenvalue weighted by molar-refractivity contribution is 0.0956. The van der Waals surface area contributed by atoms with Gasteiger partial charge in [-0.15, -0.1) is 0 Å². The van der Waals surface area contributed by atoms with E-state index >= 15 is 0 Å². The van der Waals surface area contributed by atoms with Gasteiger partial charge < -0.3 is 14.6 Å². The highest BCUT2D eigenvalue weighted by molar-refractivity contribution is 6.06. The fourth-order valence-electron chi connectivity index (χ4n) is 3.35. The quantitative estimate of drug-likeness (QED) is 0.740. The Bertz CT molecular complexity index is 999. The Kier molecular flexibility index (Phi) is 3.56. The molecule has 1 N–H and O–H groups in total. The van der Waals surface area contributed by atoms with Crippen molar-refractivity contribution >= 4 is 16.9 Å². The predicted molar refractivity (Wildman–Crippen MR) is 94.7 cm³/mol. The average Bonchev–Trinajstić information content (AvgIpc) is 3.02. The summed E-state index contributed by atoms with van der Waals surface area (Å²) >= 11 is 0. The molecule has 7 heteroatoms. The number of nitrogens with zero attached hydrogens (tertiary/aromatic N) is 4. The van der Waals surface area contributed by atoms with Crippen molar-refractivity contribution in [1.82, 2.24) is 24.6 Å². The monoisotopic (exact) mass is 337 g/mol. The van der Waals surface area contributed by atoms with E-state index in [1.807, 2.05) is 32.2 Å². The number of hydrogen-bond acceptors (Lipinski definition) is 4. The van der Waals surface area contributed by atoms with Gasteiger partial charge in [0, 0.05) is 20.1 Å². The minimum absolute atomic E-state index is 0.0677. The van der Waals surface area contributed by atoms with E-state index in [2.05, 4.69) is 21.6 Å². The number of aryl methyl sites for hydroxylation is 2. The highest BCUT2D eigenvalue weighted by atomic mass is 16.5. The molecule has 0 atom stereocenters. The third-order valence-electron chi connectivity index (χ3n) is 4.36. The lowest BCUT2D eigenvalue weighted by Gasteiger charge is -2.10. The Morgan fingerprint density at radius 3 is 3.08 bits per heavy atom. The van der Waals surface area contributed by atoms with Crippen LogP contribution in [-0.2, 0) is 13.6 Å². The molecule has 1 aliphatic rings. The van der Waals surface area contributed by atoms with Crippen molar-refractivity contribution in [3.05, 3.63) is 42.1 Å². The smallest absolute Gasteiger partial charge is 0.253 e. The third kappa shape index (κ3) is 2.31. The van der Waals surface area contributed by atoms with E-state index < -0.39 is 0 Å². The van der Waals surface area contributed by atoms with Crippen LogP contribution in [0.25, 0.3) is 22.4 Å². The first kappa shape index (κ1) is 15.4. The standard InChI is InChI=1S/C18H19N5O2/c1-4-10-25-18-14(11(2)21-22(18)3)16-20-13-7-5-6-12-15(13)23(16)9-8-19-17(12)24/h4-7H,1,8-10H2,2-3H3,(H,19,24). The van der Waals surface area contributed by atoms with Crippen LogP contribution in [0.5, 0.6) is 5.88 Å². The fourth-order valence-corrected chi connectivity index (χ4v) is 3.35. The Morgan fingerprint density at radius 1 is 1.44 bits per heavy atom. The Balaban J connectivity index is 2.00. The molecule has 0 radical (unpaired) electrons. The van der Waals surface area contributed by atoms with Crippen molar-refractivity contribution in [2.45, 2.75) is 13.5 Å². The molecule has 4 rings (SSSR count). The van der Waals surface area contributed by atoms with Gasteiger partial charge in [0.1, 0.15) is 18.0 Å². The second kappa shape index (κ2) is 5.77. The van der Waals surface area contributed by atoms with Gasteiger partial charge in [-0.1, -0.05) is 18.7 Å². The summed E-state index contributed by atoms with van der Waals surface area (Å²) in [6.07, 6.45) is 1.70. The molecule has 2 aromatic heterocycles. The zero-order valence-corrected chi connectivity index (χ0v) is 14.2. The molecule has 0 fully saturated rings. The maximum absolute atomic E-state index is 12.3. The highest BCUT2D eigenvalue weighted by Gasteiger charge is 2.26. The number of carbonyl (C=O) groups is 1. The van der Waals surface area contributed by atoms with Gasteiger partial charge in [-0.25, -0.2) is 9.67 Å². The number of ether oxygens (including phenoxy) is 1. The molecule has 1 amide bonds. The van der Waals surface area contributed by atoms with E-state index in [-0.39, 0.29) is 5.91 Å². The Labute approximate surface area is 144 Å². The second-order valence-corrected chi connectivity index (χ2v) is 6.01. The lowest BCUT2D eigenvalue weighted by Crippen LogP contribution is -2.24. The summed E-state index contributed by atoms with van der Waals surface area (Å²) in [6.45, 7) is 7.22. The average molecular weight is 337 g/mol. The zero-order valence-electron chi connectivity index (χ0n) is 14.2. The number of rotatable bonds is 4. The molecule has 3 aromatic rings. The van der Waals surface area contributed by atoms with E-state index in [1.54, 1.807) is 10.8 Å². The molecule has 0 saturated carbocycles. The lowest BCUT2D eigenvalue weighted by atomic mass is 10.1. The van der Waals surface area contributed by atoms with E-state index in [0.717, 1.165) is 28.1 Å². The van der Waals surface area contributed by atoms with Gasteiger partial charge in [0.2, 0.25) is 5.88 Å². The van der Waals surface area contributed by atoms with Crippen LogP contribution < -0.4 is 10.1 Å². The Morgan fingerprint density at radius 2 is 2.28 bits per heavy atom. The molecule has 0 saturated heterocycles. The maximum atomic E-state index is 12.3. The fraction of sp³-hybridized carbons (Fsp3) is 0.278. The number of benzene rings is 1. The normalized spacial score (nSPS) is 13.6. The van der Waals surface area contributed by atoms with E-state index in [0.29, 0.717) is 31.1 Å². The molecule has 1 aromatic carbocycles. The van der Waals surface area contributed by atoms with Gasteiger partial charge in [-0.2, -0.15) is 5.10 Å². The van der Waals surface area contributed by atoms with Crippen molar-refractivity contribution in [1.29, 1.82) is 0 Å². The minimum atomic E-state index is -0.0677. The molecule has 7 nitrogen and oxygen atoms in total. The van der Waals surface area contributed by atoms with Crippen molar-refractivity contribution in [3.63, 3.8) is 0 Å². The first-order valence-corrected chi connectivity index (χ1v) is 8.17. The van der Waals surface area contributed by atoms with E-state index in [1.165, 1.54) is 0 Å². The van der Waals surface area contributed by atoms with Crippen molar-refractivity contribution in [2.75, 3.05) is 13.2 Å². The summed E-state index contributed by atoms with van der Waals surface area (Å²) in [5.41, 5.74) is 3.97. The van der Waals surface area contributed by atoms with Crippen molar-refractivity contribution < 1.29 is 9.53 Å². The molecular formula is C18H19N5O2. The number of para-hydroxylation sites is 1. The molecule has 0 aliphatic carbocycles. The largest absolute Gasteiger partial charge is 0.473 e. The number of aromatic nitrogens is 4. The molecule has 1 aliphatic heterocycles. The summed E-state index contributed by atoms with van der Waals surface area (Å²) in [4.78, 5) is 17.1. The zero-order chi connectivity index (χ0) is 17.6. The molecule has 128 valence electrons. The molecular weight excluding hydrogens is 318 g/mol. The maximum Gasteiger partial charge on any atom is 0.253 e. The van der Waals surface area contributed by atoms with Crippen LogP contribution in [0.15, 0.2) is 30.9 Å². The topological polar surface area (TPSA) is 74.0 Å². The van der Waals surface area contributed by atoms with Gasteiger partial charge >= 0.3 is 0 Å². The molecule has 3 heterocycles. The van der Waals surface area contributed by atoms with E-state index in [4.69, 9.17) is 9.72 Å². The molecule has 0 spiro atoms. The van der Waals surface area contributed by atoms with Gasteiger partial charge in [-0.05, 0) is 19.1 Å². The van der Waals surface area contributed by atoms with Gasteiger partial charge in [-0.3, -0.25) is 4.79 Å². The number of amides is 1. The first-order valence-electron chi connectivity index (χ1n) is 8.17. The number of carbonyl (C=O) groups excluding carboxylic acids is 1. The summed E-state index contributed by atoms with van der Waals surface area (Å²) in [6, 6.07) is 5.61. The first-order chi connectivity index (χ1) is 12.1. The van der Waals surface area contributed by atoms with Crippen LogP contribution in [0.2, 0.25) is 0 Å². The Hall–Kier alpha value is -3.09. The van der Waals surface area contributed by atoms with Crippen LogP contribution in [0, 0.1) is 6.92 Å². The predicted octanol–water partition coefficient (Wildman–Crippen LogP) is 2.05. The van der Waals surface area contributed by atoms with Crippen LogP contribution in [0.1, 0.15) is 16.1 Å². The number of nitrogens with one attached hydrogen (secondary N) is 1. The third-order valence-corrected chi connectivity index (χ3v) is 4.36. The molecule has 0 unspecified atom stereocenters. The summed E-state index contributed by atoms with van der Waals surface area (Å²) < 4.78 is 9.62. The van der Waals surface area contributed by atoms with E-state index in [9.17, 15) is 4.79 Å². The summed E-state index contributed by atoms with van der Waals surface area (Å²) in [5, 5.41) is 7.42. The van der Waals surface area contributed by atoms with Gasteiger partial charge in [0.25, 0.3) is 5.91 Å². The highest BCUT2D eigenvalue weighted by Crippen LogP contribution is 2.35. The van der Waals surface area contributed by atoms with Crippen molar-refractivity contribution in [3.8, 4) is 17.3 Å². The summed E-state index contributed by atoms with van der Waals surface area (Å²) in [5.74, 6) is 1.35. The van der Waals surface area contributed by atoms with Crippen LogP contribution >= 0.6 is 0 Å². The summed E-state index contributed by atoms with van der Waals surface area (Å²) in [7, 11) is 1.84. The minimum Gasteiger partial charge on any atom is -0.473 e. The molecule has 25 heavy (non-hydrogen) atoms. The van der Waals surface area contributed by atoms with Crippen LogP contribution in [-0.4, -0.2) is 38.4 Å².